The lowest BCUT2D eigenvalue weighted by atomic mass is 10.1. The quantitative estimate of drug-likeness (QED) is 0.150. The molecule has 0 bridgehead atoms. The van der Waals surface area contributed by atoms with Crippen LogP contribution in [-0.4, -0.2) is 38.4 Å². The number of allylic oxidation sites excluding steroid dienone is 1. The number of unbranched alkanes of at least 4 members (excludes halogenated alkanes) is 1. The Morgan fingerprint density at radius 3 is 1.98 bits per heavy atom. The number of hydrogen-bond donors (Lipinski definition) is 3. The molecule has 40 heavy (non-hydrogen) atoms. The van der Waals surface area contributed by atoms with E-state index in [1.54, 1.807) is 12.3 Å². The van der Waals surface area contributed by atoms with Gasteiger partial charge >= 0.3 is 0 Å². The number of nitrogens with zero attached hydrogens (tertiary/aromatic N) is 5. The van der Waals surface area contributed by atoms with Gasteiger partial charge in [-0.25, -0.2) is 0 Å². The van der Waals surface area contributed by atoms with E-state index >= 15 is 0 Å². The highest BCUT2D eigenvalue weighted by Gasteiger charge is 2.11. The van der Waals surface area contributed by atoms with E-state index in [9.17, 15) is 9.59 Å². The largest absolute Gasteiger partial charge is 0.405 e. The van der Waals surface area contributed by atoms with Gasteiger partial charge in [0, 0.05) is 19.1 Å². The Morgan fingerprint density at radius 1 is 0.775 bits per heavy atom. The van der Waals surface area contributed by atoms with E-state index < -0.39 is 0 Å². The first-order valence-corrected chi connectivity index (χ1v) is 14.4. The van der Waals surface area contributed by atoms with Crippen molar-refractivity contribution in [3.05, 3.63) is 93.6 Å². The molecule has 0 saturated carbocycles. The van der Waals surface area contributed by atoms with Crippen LogP contribution in [-0.2, 0) is 41.8 Å². The predicted molar refractivity (Wildman–Crippen MR) is 160 cm³/mol. The number of anilines is 2. The van der Waals surface area contributed by atoms with Gasteiger partial charge in [0.2, 0.25) is 22.1 Å². The lowest BCUT2D eigenvalue weighted by molar-refractivity contribution is -0.116. The van der Waals surface area contributed by atoms with Gasteiger partial charge in [-0.15, -0.1) is 20.4 Å². The minimum Gasteiger partial charge on any atom is -0.405 e. The van der Waals surface area contributed by atoms with Gasteiger partial charge in [0.05, 0.1) is 19.4 Å². The predicted octanol–water partition coefficient (Wildman–Crippen LogP) is 4.36. The van der Waals surface area contributed by atoms with Crippen LogP contribution in [0.25, 0.3) is 0 Å². The number of benzene rings is 2. The third-order valence-electron chi connectivity index (χ3n) is 5.60. The number of carbonyl (C=O) groups excluding carboxylic acids is 2. The number of carbonyl (C=O) groups is 2. The number of aromatic nitrogens is 4. The molecule has 0 unspecified atom stereocenters. The summed E-state index contributed by atoms with van der Waals surface area (Å²) in [4.78, 5) is 29.0. The number of aliphatic imine (C=N–C) groups is 1. The van der Waals surface area contributed by atoms with Gasteiger partial charge in [-0.05, 0) is 41.8 Å². The zero-order chi connectivity index (χ0) is 28.0. The Bertz CT molecular complexity index is 1450. The van der Waals surface area contributed by atoms with Crippen molar-refractivity contribution in [2.75, 3.05) is 10.6 Å². The van der Waals surface area contributed by atoms with Gasteiger partial charge in [-0.2, -0.15) is 0 Å². The molecule has 206 valence electrons. The molecule has 0 spiro atoms. The highest BCUT2D eigenvalue weighted by atomic mass is 32.1. The highest BCUT2D eigenvalue weighted by molar-refractivity contribution is 7.15. The fraction of sp³-hybridized carbons (Fsp3) is 0.250. The van der Waals surface area contributed by atoms with Crippen molar-refractivity contribution < 1.29 is 9.59 Å². The van der Waals surface area contributed by atoms with Crippen LogP contribution in [0.5, 0.6) is 0 Å². The van der Waals surface area contributed by atoms with Crippen molar-refractivity contribution in [3.63, 3.8) is 0 Å². The Labute approximate surface area is 240 Å². The molecule has 2 heterocycles. The average molecular weight is 575 g/mol. The van der Waals surface area contributed by atoms with E-state index in [4.69, 9.17) is 5.73 Å². The molecule has 0 aliphatic carbocycles. The molecule has 0 atom stereocenters. The molecule has 2 amide bonds. The van der Waals surface area contributed by atoms with E-state index in [0.29, 0.717) is 23.2 Å². The lowest BCUT2D eigenvalue weighted by Gasteiger charge is -2.04. The average Bonchev–Trinajstić information content (AvgIpc) is 3.59. The molecule has 10 nitrogen and oxygen atoms in total. The van der Waals surface area contributed by atoms with Crippen LogP contribution in [0.15, 0.2) is 71.9 Å². The van der Waals surface area contributed by atoms with Crippen LogP contribution < -0.4 is 16.4 Å². The summed E-state index contributed by atoms with van der Waals surface area (Å²) in [5, 5.41) is 25.0. The SMILES string of the molecule is NC=CC=NCc1cccc(CC(=O)Nc2nnc(CCCCc3nnc(NC(=O)Cc4ccccc4)s3)s2)c1. The van der Waals surface area contributed by atoms with Gasteiger partial charge in [0.1, 0.15) is 10.0 Å². The Hall–Kier alpha value is -4.29. The second kappa shape index (κ2) is 15.3. The molecule has 0 aliphatic heterocycles. The summed E-state index contributed by atoms with van der Waals surface area (Å²) >= 11 is 2.78. The summed E-state index contributed by atoms with van der Waals surface area (Å²) in [5.41, 5.74) is 8.17. The van der Waals surface area contributed by atoms with Crippen molar-refractivity contribution in [3.8, 4) is 0 Å². The van der Waals surface area contributed by atoms with Crippen LogP contribution >= 0.6 is 22.7 Å². The molecular weight excluding hydrogens is 544 g/mol. The van der Waals surface area contributed by atoms with Crippen LogP contribution in [0.1, 0.15) is 39.5 Å². The topological polar surface area (TPSA) is 148 Å². The maximum absolute atomic E-state index is 12.5. The second-order valence-electron chi connectivity index (χ2n) is 8.84. The van der Waals surface area contributed by atoms with Gasteiger partial charge in [0.25, 0.3) is 0 Å². The molecule has 0 radical (unpaired) electrons. The lowest BCUT2D eigenvalue weighted by Crippen LogP contribution is -2.14. The third-order valence-corrected chi connectivity index (χ3v) is 7.39. The number of aryl methyl sites for hydroxylation is 2. The van der Waals surface area contributed by atoms with Gasteiger partial charge in [-0.1, -0.05) is 77.3 Å². The van der Waals surface area contributed by atoms with E-state index in [0.717, 1.165) is 52.4 Å². The van der Waals surface area contributed by atoms with Crippen molar-refractivity contribution in [1.29, 1.82) is 0 Å². The summed E-state index contributed by atoms with van der Waals surface area (Å²) < 4.78 is 0. The number of nitrogens with one attached hydrogen (secondary N) is 2. The third kappa shape index (κ3) is 9.79. The monoisotopic (exact) mass is 574 g/mol. The van der Waals surface area contributed by atoms with Crippen LogP contribution in [0.3, 0.4) is 0 Å². The zero-order valence-corrected chi connectivity index (χ0v) is 23.5. The zero-order valence-electron chi connectivity index (χ0n) is 21.8. The highest BCUT2D eigenvalue weighted by Crippen LogP contribution is 2.20. The minimum absolute atomic E-state index is 0.108. The van der Waals surface area contributed by atoms with Crippen LogP contribution in [0, 0.1) is 0 Å². The molecule has 4 rings (SSSR count). The normalized spacial score (nSPS) is 11.3. The first kappa shape index (κ1) is 28.7. The molecular formula is C28H30N8O2S2. The molecule has 4 N–H and O–H groups in total. The maximum atomic E-state index is 12.5. The van der Waals surface area contributed by atoms with E-state index in [-0.39, 0.29) is 18.2 Å². The molecule has 2 aromatic heterocycles. The Kier molecular flexibility index (Phi) is 11.0. The number of rotatable bonds is 14. The fourth-order valence-corrected chi connectivity index (χ4v) is 5.36. The molecule has 0 fully saturated rings. The molecule has 4 aromatic rings. The van der Waals surface area contributed by atoms with E-state index in [2.05, 4.69) is 36.0 Å². The summed E-state index contributed by atoms with van der Waals surface area (Å²) in [7, 11) is 0. The second-order valence-corrected chi connectivity index (χ2v) is 11.0. The summed E-state index contributed by atoms with van der Waals surface area (Å²) in [6, 6.07) is 17.3. The van der Waals surface area contributed by atoms with E-state index in [1.807, 2.05) is 54.6 Å². The van der Waals surface area contributed by atoms with E-state index in [1.165, 1.54) is 28.9 Å². The number of nitrogens with two attached hydrogens (primary N) is 1. The van der Waals surface area contributed by atoms with Gasteiger partial charge in [0.15, 0.2) is 0 Å². The first-order chi connectivity index (χ1) is 19.6. The molecule has 2 aromatic carbocycles. The van der Waals surface area contributed by atoms with Gasteiger partial charge in [-0.3, -0.25) is 14.6 Å². The summed E-state index contributed by atoms with van der Waals surface area (Å²) in [6.45, 7) is 0.519. The summed E-state index contributed by atoms with van der Waals surface area (Å²) in [6.07, 6.45) is 8.61. The van der Waals surface area contributed by atoms with Crippen LogP contribution in [0.2, 0.25) is 0 Å². The maximum Gasteiger partial charge on any atom is 0.230 e. The Morgan fingerprint density at radius 2 is 1.35 bits per heavy atom. The minimum atomic E-state index is -0.141. The van der Waals surface area contributed by atoms with Crippen molar-refractivity contribution in [1.82, 2.24) is 20.4 Å². The molecule has 0 saturated heterocycles. The van der Waals surface area contributed by atoms with Crippen molar-refractivity contribution in [2.45, 2.75) is 45.1 Å². The van der Waals surface area contributed by atoms with Crippen molar-refractivity contribution >= 4 is 51.0 Å². The van der Waals surface area contributed by atoms with Crippen molar-refractivity contribution in [2.24, 2.45) is 10.7 Å². The standard InChI is InChI=1S/C28H30N8O2S2/c29-14-7-15-30-19-22-11-6-10-21(16-22)18-24(38)32-28-36-34-26(40-28)13-5-4-12-25-33-35-27(39-25)31-23(37)17-20-8-2-1-3-9-20/h1-3,6-11,14-16H,4-5,12-13,17-19,29H2,(H,31,35,37)(H,32,36,38). The smallest absolute Gasteiger partial charge is 0.230 e. The summed E-state index contributed by atoms with van der Waals surface area (Å²) in [5.74, 6) is -0.249. The van der Waals surface area contributed by atoms with Gasteiger partial charge < -0.3 is 16.4 Å². The molecule has 12 heteroatoms. The Balaban J connectivity index is 1.15. The molecule has 0 aliphatic rings. The first-order valence-electron chi connectivity index (χ1n) is 12.8. The van der Waals surface area contributed by atoms with Crippen LogP contribution in [0.4, 0.5) is 10.3 Å². The fourth-order valence-electron chi connectivity index (χ4n) is 3.76. The number of amides is 2. The number of hydrogen-bond acceptors (Lipinski definition) is 10.